The molecule has 0 radical (unpaired) electrons. The molecular formula is C16H16BrFO2. The van der Waals surface area contributed by atoms with Gasteiger partial charge in [0.25, 0.3) is 0 Å². The van der Waals surface area contributed by atoms with Gasteiger partial charge in [-0.05, 0) is 54.8 Å². The molecule has 4 heteroatoms. The SMILES string of the molecule is COc1cc(C)c(C(O)c2ccc(Br)cc2F)cc1C. The van der Waals surface area contributed by atoms with Crippen LogP contribution in [-0.2, 0) is 0 Å². The van der Waals surface area contributed by atoms with Crippen LogP contribution < -0.4 is 4.74 Å². The highest BCUT2D eigenvalue weighted by Crippen LogP contribution is 2.32. The van der Waals surface area contributed by atoms with Crippen LogP contribution in [0.5, 0.6) is 5.75 Å². The van der Waals surface area contributed by atoms with Gasteiger partial charge in [-0.25, -0.2) is 4.39 Å². The van der Waals surface area contributed by atoms with Crippen molar-refractivity contribution in [1.82, 2.24) is 0 Å². The molecule has 2 aromatic carbocycles. The first-order valence-electron chi connectivity index (χ1n) is 6.22. The number of rotatable bonds is 3. The van der Waals surface area contributed by atoms with Crippen LogP contribution in [0.4, 0.5) is 4.39 Å². The standard InChI is InChI=1S/C16H16BrFO2/c1-9-7-15(20-3)10(2)6-13(9)16(19)12-5-4-11(17)8-14(12)18/h4-8,16,19H,1-3H3. The molecule has 106 valence electrons. The van der Waals surface area contributed by atoms with Crippen LogP contribution in [-0.4, -0.2) is 12.2 Å². The van der Waals surface area contributed by atoms with E-state index in [1.54, 1.807) is 19.2 Å². The number of benzene rings is 2. The van der Waals surface area contributed by atoms with Crippen molar-refractivity contribution in [3.05, 3.63) is 62.9 Å². The Morgan fingerprint density at radius 3 is 2.40 bits per heavy atom. The zero-order valence-corrected chi connectivity index (χ0v) is 13.2. The largest absolute Gasteiger partial charge is 0.496 e. The van der Waals surface area contributed by atoms with E-state index in [9.17, 15) is 9.50 Å². The molecule has 0 spiro atoms. The molecule has 0 saturated carbocycles. The lowest BCUT2D eigenvalue weighted by Crippen LogP contribution is -2.05. The maximum atomic E-state index is 13.9. The van der Waals surface area contributed by atoms with Crippen molar-refractivity contribution >= 4 is 15.9 Å². The third-order valence-corrected chi connectivity index (χ3v) is 3.83. The summed E-state index contributed by atoms with van der Waals surface area (Å²) in [5, 5.41) is 10.4. The third kappa shape index (κ3) is 2.86. The molecule has 0 heterocycles. The Bertz CT molecular complexity index is 641. The molecule has 0 aliphatic carbocycles. The fourth-order valence-corrected chi connectivity index (χ4v) is 2.55. The zero-order chi connectivity index (χ0) is 14.9. The van der Waals surface area contributed by atoms with Gasteiger partial charge in [0.15, 0.2) is 0 Å². The van der Waals surface area contributed by atoms with Gasteiger partial charge in [0.05, 0.1) is 7.11 Å². The molecular weight excluding hydrogens is 323 g/mol. The Hall–Kier alpha value is -1.39. The van der Waals surface area contributed by atoms with Crippen LogP contribution >= 0.6 is 15.9 Å². The van der Waals surface area contributed by atoms with E-state index >= 15 is 0 Å². The number of aliphatic hydroxyl groups is 1. The number of halogens is 2. The minimum atomic E-state index is -0.993. The lowest BCUT2D eigenvalue weighted by atomic mass is 9.95. The van der Waals surface area contributed by atoms with Crippen molar-refractivity contribution in [3.63, 3.8) is 0 Å². The van der Waals surface area contributed by atoms with E-state index in [-0.39, 0.29) is 5.56 Å². The number of hydrogen-bond donors (Lipinski definition) is 1. The molecule has 0 aromatic heterocycles. The normalized spacial score (nSPS) is 12.3. The van der Waals surface area contributed by atoms with Gasteiger partial charge in [-0.2, -0.15) is 0 Å². The van der Waals surface area contributed by atoms with Crippen molar-refractivity contribution in [2.24, 2.45) is 0 Å². The maximum absolute atomic E-state index is 13.9. The summed E-state index contributed by atoms with van der Waals surface area (Å²) >= 11 is 3.21. The average molecular weight is 339 g/mol. The highest BCUT2D eigenvalue weighted by atomic mass is 79.9. The predicted octanol–water partition coefficient (Wildman–Crippen LogP) is 4.30. The van der Waals surface area contributed by atoms with Gasteiger partial charge in [-0.15, -0.1) is 0 Å². The smallest absolute Gasteiger partial charge is 0.130 e. The van der Waals surface area contributed by atoms with Crippen molar-refractivity contribution in [3.8, 4) is 5.75 Å². The second-order valence-corrected chi connectivity index (χ2v) is 5.66. The maximum Gasteiger partial charge on any atom is 0.130 e. The van der Waals surface area contributed by atoms with E-state index in [0.29, 0.717) is 10.0 Å². The number of ether oxygens (including phenoxy) is 1. The van der Waals surface area contributed by atoms with Crippen molar-refractivity contribution < 1.29 is 14.2 Å². The fourth-order valence-electron chi connectivity index (χ4n) is 2.22. The van der Waals surface area contributed by atoms with Crippen LogP contribution in [0, 0.1) is 19.7 Å². The molecule has 20 heavy (non-hydrogen) atoms. The summed E-state index contributed by atoms with van der Waals surface area (Å²) in [6, 6.07) is 8.34. The molecule has 1 N–H and O–H groups in total. The molecule has 0 amide bonds. The van der Waals surface area contributed by atoms with Crippen molar-refractivity contribution in [2.75, 3.05) is 7.11 Å². The van der Waals surface area contributed by atoms with E-state index in [1.165, 1.54) is 6.07 Å². The number of hydrogen-bond acceptors (Lipinski definition) is 2. The van der Waals surface area contributed by atoms with E-state index in [1.807, 2.05) is 26.0 Å². The van der Waals surface area contributed by atoms with Gasteiger partial charge in [0.1, 0.15) is 17.7 Å². The summed E-state index contributed by atoms with van der Waals surface area (Å²) in [4.78, 5) is 0. The van der Waals surface area contributed by atoms with E-state index in [2.05, 4.69) is 15.9 Å². The van der Waals surface area contributed by atoms with Crippen LogP contribution in [0.1, 0.15) is 28.4 Å². The first-order chi connectivity index (χ1) is 9.43. The fraction of sp³-hybridized carbons (Fsp3) is 0.250. The average Bonchev–Trinajstić information content (AvgIpc) is 2.40. The van der Waals surface area contributed by atoms with Gasteiger partial charge in [-0.3, -0.25) is 0 Å². The van der Waals surface area contributed by atoms with Gasteiger partial charge >= 0.3 is 0 Å². The monoisotopic (exact) mass is 338 g/mol. The van der Waals surface area contributed by atoms with Gasteiger partial charge in [0.2, 0.25) is 0 Å². The first-order valence-corrected chi connectivity index (χ1v) is 7.01. The van der Waals surface area contributed by atoms with Crippen LogP contribution in [0.3, 0.4) is 0 Å². The molecule has 0 saturated heterocycles. The summed E-state index contributed by atoms with van der Waals surface area (Å²) in [5.74, 6) is 0.328. The summed E-state index contributed by atoms with van der Waals surface area (Å²) in [5.41, 5.74) is 2.72. The minimum absolute atomic E-state index is 0.265. The molecule has 0 aliphatic rings. The molecule has 2 rings (SSSR count). The predicted molar refractivity (Wildman–Crippen MR) is 80.6 cm³/mol. The number of aliphatic hydroxyl groups excluding tert-OH is 1. The van der Waals surface area contributed by atoms with Crippen molar-refractivity contribution in [2.45, 2.75) is 20.0 Å². The second-order valence-electron chi connectivity index (χ2n) is 4.75. The van der Waals surface area contributed by atoms with Crippen LogP contribution in [0.2, 0.25) is 0 Å². The van der Waals surface area contributed by atoms with Crippen molar-refractivity contribution in [1.29, 1.82) is 0 Å². The first kappa shape index (κ1) is 15.0. The Kier molecular flexibility index (Phi) is 4.45. The Balaban J connectivity index is 2.48. The molecule has 0 fully saturated rings. The van der Waals surface area contributed by atoms with E-state index < -0.39 is 11.9 Å². The molecule has 0 bridgehead atoms. The summed E-state index contributed by atoms with van der Waals surface area (Å²) in [7, 11) is 1.60. The molecule has 2 aromatic rings. The lowest BCUT2D eigenvalue weighted by molar-refractivity contribution is 0.214. The second kappa shape index (κ2) is 5.94. The Morgan fingerprint density at radius 2 is 1.80 bits per heavy atom. The summed E-state index contributed by atoms with van der Waals surface area (Å²) < 4.78 is 19.8. The molecule has 0 aliphatic heterocycles. The zero-order valence-electron chi connectivity index (χ0n) is 11.6. The molecule has 2 nitrogen and oxygen atoms in total. The van der Waals surface area contributed by atoms with Gasteiger partial charge < -0.3 is 9.84 Å². The van der Waals surface area contributed by atoms with Crippen LogP contribution in [0.25, 0.3) is 0 Å². The Labute approximate surface area is 126 Å². The van der Waals surface area contributed by atoms with Gasteiger partial charge in [-0.1, -0.05) is 22.0 Å². The molecule has 1 unspecified atom stereocenters. The van der Waals surface area contributed by atoms with E-state index in [4.69, 9.17) is 4.74 Å². The van der Waals surface area contributed by atoms with E-state index in [0.717, 1.165) is 16.9 Å². The topological polar surface area (TPSA) is 29.5 Å². The third-order valence-electron chi connectivity index (χ3n) is 3.34. The highest BCUT2D eigenvalue weighted by molar-refractivity contribution is 9.10. The summed E-state index contributed by atoms with van der Waals surface area (Å²) in [6.07, 6.45) is -0.993. The highest BCUT2D eigenvalue weighted by Gasteiger charge is 2.18. The van der Waals surface area contributed by atoms with Gasteiger partial charge in [0, 0.05) is 10.0 Å². The minimum Gasteiger partial charge on any atom is -0.496 e. The Morgan fingerprint density at radius 1 is 1.10 bits per heavy atom. The van der Waals surface area contributed by atoms with Crippen LogP contribution in [0.15, 0.2) is 34.8 Å². The quantitative estimate of drug-likeness (QED) is 0.904. The lowest BCUT2D eigenvalue weighted by Gasteiger charge is -2.17. The number of aryl methyl sites for hydroxylation is 2. The molecule has 1 atom stereocenters. The summed E-state index contributed by atoms with van der Waals surface area (Å²) in [6.45, 7) is 3.77. The number of methoxy groups -OCH3 is 1.